The summed E-state index contributed by atoms with van der Waals surface area (Å²) in [5, 5.41) is -1.46. The van der Waals surface area contributed by atoms with Crippen LogP contribution in [-0.4, -0.2) is 79.9 Å². The molecule has 0 spiro atoms. The third-order valence-electron chi connectivity index (χ3n) is 8.69. The fourth-order valence-corrected chi connectivity index (χ4v) is 9.31. The first kappa shape index (κ1) is 35.5. The summed E-state index contributed by atoms with van der Waals surface area (Å²) in [5.41, 5.74) is 2.18. The Morgan fingerprint density at radius 3 is 2.25 bits per heavy atom. The highest BCUT2D eigenvalue weighted by atomic mass is 32.2. The van der Waals surface area contributed by atoms with Crippen LogP contribution in [0.3, 0.4) is 0 Å². The predicted octanol–water partition coefficient (Wildman–Crippen LogP) is 5.20. The van der Waals surface area contributed by atoms with Gasteiger partial charge in [0.25, 0.3) is 15.9 Å². The monoisotopic (exact) mass is 700 g/mol. The van der Waals surface area contributed by atoms with E-state index in [-0.39, 0.29) is 17.2 Å². The SMILES string of the molecule is CCS(=O)(=O)[C@H]1CO[C@@H](C(=O)N2CCc3ccccc3[C@@H]2c2ccc(F)cc2)C[C@@H]1N(C(=O)OC(C)(C)C)S(=O)(=O)c1ccc(C)cc1. The van der Waals surface area contributed by atoms with Crippen LogP contribution in [0.15, 0.2) is 77.7 Å². The fourth-order valence-electron chi connectivity index (χ4n) is 6.27. The molecule has 0 N–H and O–H groups in total. The zero-order chi connectivity index (χ0) is 35.0. The van der Waals surface area contributed by atoms with Gasteiger partial charge in [-0.15, -0.1) is 0 Å². The molecule has 2 heterocycles. The van der Waals surface area contributed by atoms with Crippen LogP contribution in [0.25, 0.3) is 0 Å². The molecule has 2 aliphatic heterocycles. The molecule has 1 saturated heterocycles. The first-order chi connectivity index (χ1) is 22.5. The average Bonchev–Trinajstić information content (AvgIpc) is 3.03. The van der Waals surface area contributed by atoms with E-state index in [0.29, 0.717) is 16.3 Å². The smallest absolute Gasteiger partial charge is 0.424 e. The molecule has 0 aliphatic carbocycles. The molecule has 1 fully saturated rings. The van der Waals surface area contributed by atoms with Crippen molar-refractivity contribution in [1.82, 2.24) is 9.21 Å². The Morgan fingerprint density at radius 1 is 0.979 bits per heavy atom. The summed E-state index contributed by atoms with van der Waals surface area (Å²) in [5.74, 6) is -1.29. The van der Waals surface area contributed by atoms with Crippen molar-refractivity contribution in [3.05, 3.63) is 101 Å². The average molecular weight is 701 g/mol. The van der Waals surface area contributed by atoms with Crippen LogP contribution >= 0.6 is 0 Å². The molecule has 2 amide bonds. The number of carbonyl (C=O) groups excluding carboxylic acids is 2. The highest BCUT2D eigenvalue weighted by Gasteiger charge is 2.51. The molecule has 13 heteroatoms. The minimum atomic E-state index is -4.68. The second-order valence-electron chi connectivity index (χ2n) is 13.1. The second kappa shape index (κ2) is 13.6. The summed E-state index contributed by atoms with van der Waals surface area (Å²) < 4.78 is 81.5. The number of ether oxygens (including phenoxy) is 2. The van der Waals surface area contributed by atoms with Crippen LogP contribution in [0.1, 0.15) is 62.4 Å². The zero-order valence-electron chi connectivity index (χ0n) is 27.6. The first-order valence-corrected chi connectivity index (χ1v) is 19.0. The van der Waals surface area contributed by atoms with Crippen LogP contribution in [0.4, 0.5) is 9.18 Å². The van der Waals surface area contributed by atoms with Gasteiger partial charge in [0.1, 0.15) is 22.8 Å². The summed E-state index contributed by atoms with van der Waals surface area (Å²) in [7, 11) is -8.70. The van der Waals surface area contributed by atoms with Crippen molar-refractivity contribution in [3.8, 4) is 0 Å². The van der Waals surface area contributed by atoms with E-state index >= 15 is 0 Å². The van der Waals surface area contributed by atoms with E-state index in [1.807, 2.05) is 24.3 Å². The number of aryl methyl sites for hydroxylation is 1. The van der Waals surface area contributed by atoms with Crippen molar-refractivity contribution < 1.29 is 40.3 Å². The maximum absolute atomic E-state index is 14.5. The highest BCUT2D eigenvalue weighted by Crippen LogP contribution is 2.38. The number of halogens is 1. The number of benzene rings is 3. The highest BCUT2D eigenvalue weighted by molar-refractivity contribution is 7.92. The molecule has 0 aromatic heterocycles. The number of carbonyl (C=O) groups is 2. The largest absolute Gasteiger partial charge is 0.443 e. The lowest BCUT2D eigenvalue weighted by Crippen LogP contribution is -2.61. The molecule has 10 nitrogen and oxygen atoms in total. The van der Waals surface area contributed by atoms with Crippen molar-refractivity contribution in [3.63, 3.8) is 0 Å². The maximum Gasteiger partial charge on any atom is 0.424 e. The Bertz CT molecular complexity index is 1870. The zero-order valence-corrected chi connectivity index (χ0v) is 29.3. The van der Waals surface area contributed by atoms with Crippen molar-refractivity contribution in [2.24, 2.45) is 0 Å². The van der Waals surface area contributed by atoms with Gasteiger partial charge in [-0.25, -0.2) is 26.0 Å². The third kappa shape index (κ3) is 7.28. The van der Waals surface area contributed by atoms with Crippen LogP contribution in [0.5, 0.6) is 0 Å². The Balaban J connectivity index is 1.58. The van der Waals surface area contributed by atoms with E-state index in [2.05, 4.69) is 0 Å². The van der Waals surface area contributed by atoms with Crippen LogP contribution in [-0.2, 0) is 40.5 Å². The van der Waals surface area contributed by atoms with Crippen LogP contribution in [0.2, 0.25) is 0 Å². The Morgan fingerprint density at radius 2 is 1.62 bits per heavy atom. The number of amides is 2. The van der Waals surface area contributed by atoms with E-state index in [4.69, 9.17) is 9.47 Å². The standard InChI is InChI=1S/C35H41FN2O8S2/c1-6-47(41,42)31-22-45-30(21-29(31)38(34(40)46-35(3,4)5)48(43,44)27-17-11-23(2)12-18-27)33(39)37-20-19-24-9-7-8-10-28(24)32(37)25-13-15-26(36)16-14-25/h7-18,29-32H,6,19-22H2,1-5H3/t29-,30+,31-,32-/m0/s1. The van der Waals surface area contributed by atoms with Gasteiger partial charge in [0.15, 0.2) is 9.84 Å². The van der Waals surface area contributed by atoms with E-state index in [1.54, 1.807) is 56.9 Å². The van der Waals surface area contributed by atoms with Gasteiger partial charge in [-0.2, -0.15) is 4.31 Å². The van der Waals surface area contributed by atoms with Gasteiger partial charge in [0.2, 0.25) is 0 Å². The number of rotatable bonds is 7. The molecular formula is C35H41FN2O8S2. The van der Waals surface area contributed by atoms with Gasteiger partial charge in [0, 0.05) is 18.7 Å². The molecule has 0 saturated carbocycles. The second-order valence-corrected chi connectivity index (χ2v) is 17.5. The van der Waals surface area contributed by atoms with Gasteiger partial charge in [0.05, 0.1) is 23.6 Å². The summed E-state index contributed by atoms with van der Waals surface area (Å²) in [6.07, 6.45) is -2.46. The summed E-state index contributed by atoms with van der Waals surface area (Å²) >= 11 is 0. The third-order valence-corrected chi connectivity index (χ3v) is 12.7. The van der Waals surface area contributed by atoms with Crippen molar-refractivity contribution in [2.45, 2.75) is 81.4 Å². The number of nitrogens with zero attached hydrogens (tertiary/aromatic N) is 2. The van der Waals surface area contributed by atoms with Crippen molar-refractivity contribution in [1.29, 1.82) is 0 Å². The molecule has 48 heavy (non-hydrogen) atoms. The van der Waals surface area contributed by atoms with Crippen molar-refractivity contribution >= 4 is 31.9 Å². The molecule has 5 rings (SSSR count). The Hall–Kier alpha value is -3.81. The van der Waals surface area contributed by atoms with Gasteiger partial charge in [-0.3, -0.25) is 4.79 Å². The van der Waals surface area contributed by atoms with E-state index in [9.17, 15) is 30.8 Å². The topological polar surface area (TPSA) is 127 Å². The first-order valence-electron chi connectivity index (χ1n) is 15.8. The molecular weight excluding hydrogens is 660 g/mol. The Kier molecular flexibility index (Phi) is 10.1. The van der Waals surface area contributed by atoms with E-state index < -0.39 is 79.7 Å². The molecule has 3 aromatic carbocycles. The molecule has 0 bridgehead atoms. The van der Waals surface area contributed by atoms with Gasteiger partial charge < -0.3 is 14.4 Å². The van der Waals surface area contributed by atoms with Gasteiger partial charge in [-0.05, 0) is 75.1 Å². The van der Waals surface area contributed by atoms with E-state index in [0.717, 1.165) is 16.7 Å². The lowest BCUT2D eigenvalue weighted by atomic mass is 9.87. The summed E-state index contributed by atoms with van der Waals surface area (Å²) in [6.45, 7) is 7.67. The predicted molar refractivity (Wildman–Crippen MR) is 178 cm³/mol. The number of sulfone groups is 1. The molecule has 2 aliphatic rings. The van der Waals surface area contributed by atoms with Crippen LogP contribution in [0, 0.1) is 12.7 Å². The molecule has 4 atom stereocenters. The van der Waals surface area contributed by atoms with E-state index in [1.165, 1.54) is 31.2 Å². The number of fused-ring (bicyclic) bond motifs is 1. The molecule has 258 valence electrons. The number of hydrogen-bond donors (Lipinski definition) is 0. The van der Waals surface area contributed by atoms with Crippen LogP contribution < -0.4 is 0 Å². The quantitative estimate of drug-likeness (QED) is 0.330. The normalized spacial score (nSPS) is 21.7. The number of sulfonamides is 1. The lowest BCUT2D eigenvalue weighted by Gasteiger charge is -2.44. The molecule has 3 aromatic rings. The molecule has 0 radical (unpaired) electrons. The molecule has 0 unspecified atom stereocenters. The van der Waals surface area contributed by atoms with Gasteiger partial charge in [-0.1, -0.05) is 61.0 Å². The Labute approximate surface area is 281 Å². The minimum Gasteiger partial charge on any atom is -0.443 e. The number of hydrogen-bond acceptors (Lipinski definition) is 8. The summed E-state index contributed by atoms with van der Waals surface area (Å²) in [4.78, 5) is 29.7. The summed E-state index contributed by atoms with van der Waals surface area (Å²) in [6, 6.07) is 17.1. The van der Waals surface area contributed by atoms with Crippen molar-refractivity contribution in [2.75, 3.05) is 18.9 Å². The lowest BCUT2D eigenvalue weighted by molar-refractivity contribution is -0.150. The van der Waals surface area contributed by atoms with Gasteiger partial charge >= 0.3 is 6.09 Å². The maximum atomic E-state index is 14.5. The minimum absolute atomic E-state index is 0.231. The fraction of sp³-hybridized carbons (Fsp3) is 0.429.